The molecule has 0 saturated heterocycles. The summed E-state index contributed by atoms with van der Waals surface area (Å²) in [6.45, 7) is 0.577. The van der Waals surface area contributed by atoms with Crippen LogP contribution in [0.5, 0.6) is 0 Å². The predicted octanol–water partition coefficient (Wildman–Crippen LogP) is 2.19. The molecule has 1 aromatic carbocycles. The zero-order valence-electron chi connectivity index (χ0n) is 9.24. The Kier molecular flexibility index (Phi) is 2.26. The Bertz CT molecular complexity index is 563. The van der Waals surface area contributed by atoms with Gasteiger partial charge in [0.1, 0.15) is 18.3 Å². The molecule has 0 fully saturated rings. The first kappa shape index (κ1) is 9.84. The number of hydrogen-bond acceptors (Lipinski definition) is 4. The normalized spacial score (nSPS) is 13.5. The maximum atomic E-state index is 5.74. The molecular formula is C13H12N4. The van der Waals surface area contributed by atoms with Crippen molar-refractivity contribution in [1.82, 2.24) is 4.98 Å². The zero-order valence-corrected chi connectivity index (χ0v) is 9.24. The minimum absolute atomic E-state index is 0.528. The van der Waals surface area contributed by atoms with Gasteiger partial charge in [-0.1, -0.05) is 18.2 Å². The molecule has 0 radical (unpaired) electrons. The first-order valence-corrected chi connectivity index (χ1v) is 5.43. The van der Waals surface area contributed by atoms with E-state index in [0.717, 1.165) is 17.1 Å². The van der Waals surface area contributed by atoms with Crippen molar-refractivity contribution in [2.24, 2.45) is 4.99 Å². The fourth-order valence-corrected chi connectivity index (χ4v) is 1.89. The molecule has 0 spiro atoms. The average Bonchev–Trinajstić information content (AvgIpc) is 2.39. The van der Waals surface area contributed by atoms with Crippen LogP contribution in [0.4, 0.5) is 17.3 Å². The van der Waals surface area contributed by atoms with Crippen LogP contribution in [-0.4, -0.2) is 17.9 Å². The van der Waals surface area contributed by atoms with Crippen molar-refractivity contribution < 1.29 is 0 Å². The van der Waals surface area contributed by atoms with Gasteiger partial charge in [0.2, 0.25) is 0 Å². The standard InChI is InChI=1S/C13H12N4/c14-12-7-6-10-8-15-9-17(13(10)16-12)11-4-2-1-3-5-11/h1-8H,9H2,(H2,14,16). The third-order valence-corrected chi connectivity index (χ3v) is 2.70. The summed E-state index contributed by atoms with van der Waals surface area (Å²) in [6, 6.07) is 13.8. The highest BCUT2D eigenvalue weighted by Gasteiger charge is 2.16. The largest absolute Gasteiger partial charge is 0.384 e. The number of rotatable bonds is 1. The molecule has 3 rings (SSSR count). The molecule has 1 aliphatic rings. The molecule has 0 bridgehead atoms. The van der Waals surface area contributed by atoms with Gasteiger partial charge >= 0.3 is 0 Å². The molecule has 17 heavy (non-hydrogen) atoms. The highest BCUT2D eigenvalue weighted by Crippen LogP contribution is 2.28. The summed E-state index contributed by atoms with van der Waals surface area (Å²) in [5.74, 6) is 1.39. The minimum Gasteiger partial charge on any atom is -0.384 e. The number of hydrogen-bond donors (Lipinski definition) is 1. The van der Waals surface area contributed by atoms with Gasteiger partial charge in [0.25, 0.3) is 0 Å². The maximum Gasteiger partial charge on any atom is 0.145 e. The van der Waals surface area contributed by atoms with E-state index in [2.05, 4.69) is 9.98 Å². The average molecular weight is 224 g/mol. The molecule has 84 valence electrons. The number of benzene rings is 1. The smallest absolute Gasteiger partial charge is 0.145 e. The maximum absolute atomic E-state index is 5.74. The van der Waals surface area contributed by atoms with Crippen LogP contribution in [-0.2, 0) is 0 Å². The van der Waals surface area contributed by atoms with Gasteiger partial charge in [0.15, 0.2) is 0 Å². The lowest BCUT2D eigenvalue weighted by Gasteiger charge is -2.26. The molecule has 0 unspecified atom stereocenters. The Balaban J connectivity index is 2.11. The van der Waals surface area contributed by atoms with Gasteiger partial charge in [-0.25, -0.2) is 4.98 Å². The van der Waals surface area contributed by atoms with E-state index >= 15 is 0 Å². The molecule has 4 heteroatoms. The van der Waals surface area contributed by atoms with Gasteiger partial charge in [0.05, 0.1) is 0 Å². The summed E-state index contributed by atoms with van der Waals surface area (Å²) in [5, 5.41) is 0. The fourth-order valence-electron chi connectivity index (χ4n) is 1.89. The van der Waals surface area contributed by atoms with Crippen molar-refractivity contribution in [2.45, 2.75) is 0 Å². The second-order valence-corrected chi connectivity index (χ2v) is 3.87. The number of nitrogen functional groups attached to an aromatic ring is 1. The van der Waals surface area contributed by atoms with E-state index in [1.165, 1.54) is 0 Å². The van der Waals surface area contributed by atoms with Crippen LogP contribution in [0.3, 0.4) is 0 Å². The van der Waals surface area contributed by atoms with Crippen molar-refractivity contribution in [3.05, 3.63) is 48.0 Å². The van der Waals surface area contributed by atoms with E-state index < -0.39 is 0 Å². The van der Waals surface area contributed by atoms with E-state index in [1.54, 1.807) is 6.07 Å². The van der Waals surface area contributed by atoms with Gasteiger partial charge in [-0.2, -0.15) is 0 Å². The molecule has 0 saturated carbocycles. The second-order valence-electron chi connectivity index (χ2n) is 3.87. The van der Waals surface area contributed by atoms with Gasteiger partial charge in [-0.3, -0.25) is 4.99 Å². The number of nitrogens with two attached hydrogens (primary N) is 1. The number of anilines is 3. The van der Waals surface area contributed by atoms with E-state index in [9.17, 15) is 0 Å². The number of pyridine rings is 1. The van der Waals surface area contributed by atoms with Crippen LogP contribution >= 0.6 is 0 Å². The second kappa shape index (κ2) is 3.90. The summed E-state index contributed by atoms with van der Waals surface area (Å²) in [6.07, 6.45) is 1.83. The SMILES string of the molecule is Nc1ccc2c(n1)N(c1ccccc1)CN=C2. The van der Waals surface area contributed by atoms with Crippen LogP contribution in [0.15, 0.2) is 47.5 Å². The van der Waals surface area contributed by atoms with E-state index in [4.69, 9.17) is 5.73 Å². The summed E-state index contributed by atoms with van der Waals surface area (Å²) in [4.78, 5) is 10.8. The van der Waals surface area contributed by atoms with Crippen molar-refractivity contribution in [3.63, 3.8) is 0 Å². The molecule has 0 atom stereocenters. The Morgan fingerprint density at radius 3 is 2.71 bits per heavy atom. The summed E-state index contributed by atoms with van der Waals surface area (Å²) < 4.78 is 0. The number of nitrogens with zero attached hydrogens (tertiary/aromatic N) is 3. The lowest BCUT2D eigenvalue weighted by molar-refractivity contribution is 0.944. The molecule has 2 N–H and O–H groups in total. The summed E-state index contributed by atoms with van der Waals surface area (Å²) in [5.41, 5.74) is 7.81. The monoisotopic (exact) mass is 224 g/mol. The molecule has 1 aromatic heterocycles. The molecule has 2 heterocycles. The Hall–Kier alpha value is -2.36. The predicted molar refractivity (Wildman–Crippen MR) is 69.7 cm³/mol. The highest BCUT2D eigenvalue weighted by molar-refractivity contribution is 5.90. The Labute approximate surface area is 99.4 Å². The van der Waals surface area contributed by atoms with Crippen LogP contribution in [0.1, 0.15) is 5.56 Å². The van der Waals surface area contributed by atoms with Crippen LogP contribution in [0.25, 0.3) is 0 Å². The molecular weight excluding hydrogens is 212 g/mol. The van der Waals surface area contributed by atoms with Crippen molar-refractivity contribution in [2.75, 3.05) is 17.3 Å². The Morgan fingerprint density at radius 1 is 1.06 bits per heavy atom. The van der Waals surface area contributed by atoms with E-state index in [-0.39, 0.29) is 0 Å². The lowest BCUT2D eigenvalue weighted by Crippen LogP contribution is -2.23. The molecule has 2 aromatic rings. The third kappa shape index (κ3) is 1.73. The number of aliphatic imine (C=N–C) groups is 1. The van der Waals surface area contributed by atoms with Gasteiger partial charge in [-0.05, 0) is 24.3 Å². The molecule has 4 nitrogen and oxygen atoms in total. The Morgan fingerprint density at radius 2 is 1.88 bits per heavy atom. The fraction of sp³-hybridized carbons (Fsp3) is 0.0769. The number of para-hydroxylation sites is 1. The van der Waals surface area contributed by atoms with Crippen molar-refractivity contribution >= 4 is 23.5 Å². The minimum atomic E-state index is 0.528. The lowest BCUT2D eigenvalue weighted by atomic mass is 10.2. The van der Waals surface area contributed by atoms with E-state index in [1.807, 2.05) is 47.5 Å². The first-order chi connectivity index (χ1) is 8.34. The quantitative estimate of drug-likeness (QED) is 0.807. The first-order valence-electron chi connectivity index (χ1n) is 5.43. The summed E-state index contributed by atoms with van der Waals surface area (Å²) in [7, 11) is 0. The van der Waals surface area contributed by atoms with Crippen LogP contribution < -0.4 is 10.6 Å². The topological polar surface area (TPSA) is 54.5 Å². The van der Waals surface area contributed by atoms with Crippen molar-refractivity contribution in [3.8, 4) is 0 Å². The zero-order chi connectivity index (χ0) is 11.7. The molecule has 0 aliphatic carbocycles. The van der Waals surface area contributed by atoms with Crippen LogP contribution in [0.2, 0.25) is 0 Å². The van der Waals surface area contributed by atoms with Crippen LogP contribution in [0, 0.1) is 0 Å². The summed E-state index contributed by atoms with van der Waals surface area (Å²) >= 11 is 0. The van der Waals surface area contributed by atoms with Gasteiger partial charge in [0, 0.05) is 17.5 Å². The van der Waals surface area contributed by atoms with Crippen molar-refractivity contribution in [1.29, 1.82) is 0 Å². The van der Waals surface area contributed by atoms with E-state index in [0.29, 0.717) is 12.5 Å². The molecule has 0 amide bonds. The van der Waals surface area contributed by atoms with Gasteiger partial charge in [-0.15, -0.1) is 0 Å². The number of fused-ring (bicyclic) bond motifs is 1. The highest BCUT2D eigenvalue weighted by atomic mass is 15.3. The number of aromatic nitrogens is 1. The third-order valence-electron chi connectivity index (χ3n) is 2.70. The molecule has 1 aliphatic heterocycles. The van der Waals surface area contributed by atoms with Gasteiger partial charge < -0.3 is 10.6 Å².